The van der Waals surface area contributed by atoms with Gasteiger partial charge in [-0.25, -0.2) is 4.39 Å². The van der Waals surface area contributed by atoms with Gasteiger partial charge in [0.05, 0.1) is 0 Å². The molecular formula is C13H17FINO2. The zero-order valence-corrected chi connectivity index (χ0v) is 12.9. The smallest absolute Gasteiger partial charge is 0.293 e. The lowest BCUT2D eigenvalue weighted by molar-refractivity contribution is -0.138. The monoisotopic (exact) mass is 365 g/mol. The lowest BCUT2D eigenvalue weighted by Crippen LogP contribution is -2.17. The van der Waals surface area contributed by atoms with Crippen LogP contribution in [-0.4, -0.2) is 12.1 Å². The standard InChI is InChI=1S/C8H7FIN.C5H10O2/c9-7-1-5-3-11-4-6(5)2-8(7)10;1-5(2,3)7-4-6/h1-2,11H,3-4H2;4H,1-3H3. The van der Waals surface area contributed by atoms with Crippen LogP contribution >= 0.6 is 22.6 Å². The third-order valence-electron chi connectivity index (χ3n) is 2.28. The van der Waals surface area contributed by atoms with Crippen molar-refractivity contribution >= 4 is 29.1 Å². The molecule has 0 aromatic heterocycles. The molecule has 1 aromatic carbocycles. The zero-order chi connectivity index (χ0) is 13.8. The fourth-order valence-corrected chi connectivity index (χ4v) is 1.97. The van der Waals surface area contributed by atoms with Gasteiger partial charge < -0.3 is 10.1 Å². The normalized spacial score (nSPS) is 13.4. The van der Waals surface area contributed by atoms with E-state index in [4.69, 9.17) is 0 Å². The van der Waals surface area contributed by atoms with Crippen molar-refractivity contribution in [2.45, 2.75) is 39.5 Å². The Morgan fingerprint density at radius 2 is 1.89 bits per heavy atom. The predicted octanol–water partition coefficient (Wildman–Crippen LogP) is 2.99. The molecule has 3 nitrogen and oxygen atoms in total. The van der Waals surface area contributed by atoms with Crippen LogP contribution in [0, 0.1) is 9.39 Å². The molecule has 0 unspecified atom stereocenters. The van der Waals surface area contributed by atoms with Gasteiger partial charge in [0.1, 0.15) is 11.4 Å². The number of carbonyl (C=O) groups excluding carboxylic acids is 1. The van der Waals surface area contributed by atoms with Gasteiger partial charge in [-0.2, -0.15) is 0 Å². The zero-order valence-electron chi connectivity index (χ0n) is 10.7. The lowest BCUT2D eigenvalue weighted by atomic mass is 10.1. The Morgan fingerprint density at radius 3 is 2.33 bits per heavy atom. The molecule has 1 N–H and O–H groups in total. The molecular weight excluding hydrogens is 348 g/mol. The van der Waals surface area contributed by atoms with E-state index in [2.05, 4.69) is 10.1 Å². The Morgan fingerprint density at radius 1 is 1.33 bits per heavy atom. The van der Waals surface area contributed by atoms with Crippen LogP contribution in [0.4, 0.5) is 4.39 Å². The number of halogens is 2. The number of ether oxygens (including phenoxy) is 1. The maximum atomic E-state index is 12.9. The van der Waals surface area contributed by atoms with E-state index >= 15 is 0 Å². The number of fused-ring (bicyclic) bond motifs is 1. The second-order valence-corrected chi connectivity index (χ2v) is 6.13. The number of hydrogen-bond acceptors (Lipinski definition) is 3. The molecule has 0 amide bonds. The second-order valence-electron chi connectivity index (χ2n) is 4.97. The first-order valence-corrected chi connectivity index (χ1v) is 6.70. The van der Waals surface area contributed by atoms with Gasteiger partial charge in [0.25, 0.3) is 6.47 Å². The fraction of sp³-hybridized carbons (Fsp3) is 0.462. The minimum absolute atomic E-state index is 0.104. The van der Waals surface area contributed by atoms with E-state index in [1.165, 1.54) is 5.56 Å². The van der Waals surface area contributed by atoms with Gasteiger partial charge in [0.2, 0.25) is 0 Å². The SMILES string of the molecule is CC(C)(C)OC=O.Fc1cc2c(cc1I)CNC2. The van der Waals surface area contributed by atoms with E-state index in [0.29, 0.717) is 10.0 Å². The molecule has 0 aliphatic carbocycles. The molecule has 1 aromatic rings. The van der Waals surface area contributed by atoms with Crippen molar-refractivity contribution < 1.29 is 13.9 Å². The third kappa shape index (κ3) is 4.89. The first-order chi connectivity index (χ1) is 8.33. The first kappa shape index (κ1) is 15.4. The summed E-state index contributed by atoms with van der Waals surface area (Å²) in [6, 6.07) is 3.53. The highest BCUT2D eigenvalue weighted by atomic mass is 127. The van der Waals surface area contributed by atoms with Crippen LogP contribution in [0.1, 0.15) is 31.9 Å². The Kier molecular flexibility index (Phi) is 5.52. The molecule has 0 saturated heterocycles. The van der Waals surface area contributed by atoms with Crippen molar-refractivity contribution in [3.8, 4) is 0 Å². The van der Waals surface area contributed by atoms with E-state index in [1.807, 2.05) is 49.4 Å². The summed E-state index contributed by atoms with van der Waals surface area (Å²) in [6.07, 6.45) is 0. The summed E-state index contributed by atoms with van der Waals surface area (Å²) in [5, 5.41) is 3.17. The lowest BCUT2D eigenvalue weighted by Gasteiger charge is -2.14. The average Bonchev–Trinajstić information content (AvgIpc) is 2.65. The maximum absolute atomic E-state index is 12.9. The average molecular weight is 365 g/mol. The van der Waals surface area contributed by atoms with Crippen LogP contribution in [0.3, 0.4) is 0 Å². The molecule has 1 aliphatic rings. The third-order valence-corrected chi connectivity index (χ3v) is 3.10. The number of benzene rings is 1. The highest BCUT2D eigenvalue weighted by Gasteiger charge is 2.12. The predicted molar refractivity (Wildman–Crippen MR) is 76.6 cm³/mol. The summed E-state index contributed by atoms with van der Waals surface area (Å²) in [4.78, 5) is 9.60. The van der Waals surface area contributed by atoms with E-state index in [-0.39, 0.29) is 11.4 Å². The highest BCUT2D eigenvalue weighted by Crippen LogP contribution is 2.20. The van der Waals surface area contributed by atoms with Gasteiger partial charge in [-0.15, -0.1) is 0 Å². The van der Waals surface area contributed by atoms with Gasteiger partial charge in [0, 0.05) is 16.7 Å². The van der Waals surface area contributed by atoms with Gasteiger partial charge in [-0.1, -0.05) is 0 Å². The Bertz CT molecular complexity index is 401. The molecule has 1 aliphatic heterocycles. The van der Waals surface area contributed by atoms with Crippen molar-refractivity contribution in [2.24, 2.45) is 0 Å². The second kappa shape index (κ2) is 6.47. The summed E-state index contributed by atoms with van der Waals surface area (Å²) in [5.74, 6) is -0.104. The summed E-state index contributed by atoms with van der Waals surface area (Å²) in [7, 11) is 0. The molecule has 18 heavy (non-hydrogen) atoms. The molecule has 5 heteroatoms. The quantitative estimate of drug-likeness (QED) is 0.614. The number of carbonyl (C=O) groups is 1. The van der Waals surface area contributed by atoms with Crippen molar-refractivity contribution in [3.63, 3.8) is 0 Å². The van der Waals surface area contributed by atoms with Gasteiger partial charge in [-0.3, -0.25) is 4.79 Å². The summed E-state index contributed by atoms with van der Waals surface area (Å²) < 4.78 is 18.2. The fourth-order valence-electron chi connectivity index (χ4n) is 1.43. The Hall–Kier alpha value is -0.690. The molecule has 0 fully saturated rings. The molecule has 0 atom stereocenters. The molecule has 0 radical (unpaired) electrons. The van der Waals surface area contributed by atoms with Gasteiger partial charge in [0.15, 0.2) is 0 Å². The largest absolute Gasteiger partial charge is 0.462 e. The minimum Gasteiger partial charge on any atom is -0.462 e. The number of rotatable bonds is 1. The van der Waals surface area contributed by atoms with Crippen molar-refractivity contribution in [2.75, 3.05) is 0 Å². The highest BCUT2D eigenvalue weighted by molar-refractivity contribution is 14.1. The molecule has 0 spiro atoms. The first-order valence-electron chi connectivity index (χ1n) is 5.62. The van der Waals surface area contributed by atoms with Gasteiger partial charge in [-0.05, 0) is 66.6 Å². The van der Waals surface area contributed by atoms with Crippen LogP contribution in [0.25, 0.3) is 0 Å². The topological polar surface area (TPSA) is 38.3 Å². The van der Waals surface area contributed by atoms with Crippen molar-refractivity contribution in [1.29, 1.82) is 0 Å². The van der Waals surface area contributed by atoms with Crippen LogP contribution in [0.5, 0.6) is 0 Å². The summed E-state index contributed by atoms with van der Waals surface area (Å²) >= 11 is 2.01. The van der Waals surface area contributed by atoms with E-state index in [9.17, 15) is 9.18 Å². The van der Waals surface area contributed by atoms with Gasteiger partial charge >= 0.3 is 0 Å². The molecule has 0 saturated carbocycles. The Balaban J connectivity index is 0.000000203. The van der Waals surface area contributed by atoms with Crippen molar-refractivity contribution in [1.82, 2.24) is 5.32 Å². The minimum atomic E-state index is -0.318. The van der Waals surface area contributed by atoms with E-state index in [0.717, 1.165) is 18.7 Å². The van der Waals surface area contributed by atoms with Crippen LogP contribution < -0.4 is 5.32 Å². The number of nitrogens with one attached hydrogen (secondary N) is 1. The van der Waals surface area contributed by atoms with Crippen LogP contribution in [-0.2, 0) is 22.6 Å². The molecule has 100 valence electrons. The van der Waals surface area contributed by atoms with E-state index < -0.39 is 0 Å². The summed E-state index contributed by atoms with van der Waals surface area (Å²) in [6.45, 7) is 7.61. The summed E-state index contributed by atoms with van der Waals surface area (Å²) in [5.41, 5.74) is 2.01. The van der Waals surface area contributed by atoms with Crippen molar-refractivity contribution in [3.05, 3.63) is 32.6 Å². The maximum Gasteiger partial charge on any atom is 0.293 e. The van der Waals surface area contributed by atoms with Crippen LogP contribution in [0.2, 0.25) is 0 Å². The molecule has 0 bridgehead atoms. The van der Waals surface area contributed by atoms with E-state index in [1.54, 1.807) is 6.07 Å². The number of hydrogen-bond donors (Lipinski definition) is 1. The Labute approximate surface area is 120 Å². The molecule has 1 heterocycles. The molecule has 2 rings (SSSR count). The van der Waals surface area contributed by atoms with Crippen LogP contribution in [0.15, 0.2) is 12.1 Å².